The van der Waals surface area contributed by atoms with E-state index in [1.165, 1.54) is 7.05 Å². The minimum Gasteiger partial charge on any atom is -0.459 e. The van der Waals surface area contributed by atoms with Gasteiger partial charge in [0.1, 0.15) is 24.4 Å². The first-order valence-corrected chi connectivity index (χ1v) is 19.0. The molecule has 0 aliphatic carbocycles. The van der Waals surface area contributed by atoms with Gasteiger partial charge in [-0.1, -0.05) is 52.9 Å². The van der Waals surface area contributed by atoms with Crippen molar-refractivity contribution >= 4 is 24.1 Å². The van der Waals surface area contributed by atoms with Crippen LogP contribution in [0.1, 0.15) is 107 Å². The number of nitrogens with two attached hydrogens (primary N) is 1. The third kappa shape index (κ3) is 13.3. The molecule has 0 saturated carbocycles. The molecule has 2 aliphatic heterocycles. The fourth-order valence-corrected chi connectivity index (χ4v) is 7.81. The number of carbonyl (C=O) groups excluding carboxylic acids is 3. The number of aliphatic hydroxyl groups is 2. The molecule has 2 saturated heterocycles. The van der Waals surface area contributed by atoms with Crippen molar-refractivity contribution in [2.24, 2.45) is 34.4 Å². The van der Waals surface area contributed by atoms with Crippen molar-refractivity contribution in [3.63, 3.8) is 0 Å². The van der Waals surface area contributed by atoms with Crippen LogP contribution in [-0.2, 0) is 28.5 Å². The predicted molar refractivity (Wildman–Crippen MR) is 201 cm³/mol. The Balaban J connectivity index is 2.25. The molecule has 0 radical (unpaired) electrons. The summed E-state index contributed by atoms with van der Waals surface area (Å²) >= 11 is 0. The number of aliphatic imine (C=N–C) groups is 1. The zero-order valence-corrected chi connectivity index (χ0v) is 33.5. The summed E-state index contributed by atoms with van der Waals surface area (Å²) in [7, 11) is 1.49. The van der Waals surface area contributed by atoms with Gasteiger partial charge < -0.3 is 50.3 Å². The highest BCUT2D eigenvalue weighted by molar-refractivity contribution is 5.95. The normalized spacial score (nSPS) is 35.2. The van der Waals surface area contributed by atoms with Crippen LogP contribution in [0.2, 0.25) is 0 Å². The van der Waals surface area contributed by atoms with E-state index in [9.17, 15) is 24.6 Å². The average molecular weight is 754 g/mol. The molecule has 2 aliphatic rings. The van der Waals surface area contributed by atoms with E-state index in [0.717, 1.165) is 25.7 Å². The molecule has 0 spiro atoms. The SMILES string of the molecule is C#CCOC1C(C)C(OC(=O)NCCCCCCCN=C(N)NC(=O)NC)C(C)C(=O)OC(CC)C(C)(O)C2OC(C)(C)OC(C(C)CC1(C)O)C2C. The molecular weight excluding hydrogens is 686 g/mol. The highest BCUT2D eigenvalue weighted by Gasteiger charge is 2.55. The number of urea groups is 1. The number of rotatable bonds is 12. The Morgan fingerprint density at radius 2 is 1.68 bits per heavy atom. The Labute approximate surface area is 316 Å². The van der Waals surface area contributed by atoms with E-state index in [4.69, 9.17) is 35.8 Å². The third-order valence-corrected chi connectivity index (χ3v) is 10.4. The summed E-state index contributed by atoms with van der Waals surface area (Å²) in [6.07, 6.45) is 5.20. The second-order valence-corrected chi connectivity index (χ2v) is 15.6. The van der Waals surface area contributed by atoms with E-state index in [1.54, 1.807) is 41.5 Å². The van der Waals surface area contributed by atoms with E-state index < -0.39 is 77.4 Å². The van der Waals surface area contributed by atoms with Crippen molar-refractivity contribution in [3.05, 3.63) is 0 Å². The molecule has 2 bridgehead atoms. The van der Waals surface area contributed by atoms with Crippen molar-refractivity contribution in [3.8, 4) is 12.3 Å². The van der Waals surface area contributed by atoms with Crippen molar-refractivity contribution in [1.82, 2.24) is 16.0 Å². The summed E-state index contributed by atoms with van der Waals surface area (Å²) in [4.78, 5) is 42.6. The minimum absolute atomic E-state index is 0.0610. The molecule has 11 atom stereocenters. The highest BCUT2D eigenvalue weighted by atomic mass is 16.7. The standard InChI is InChI=1S/C38H67N5O10/c1-12-21-49-30-25(5)29(51-35(46)42-20-18-16-14-15-17-19-41-33(39)43-34(45)40-11)26(6)32(44)50-27(13-2)38(10,48)31-24(4)28(52-36(7,8)53-31)23(3)22-37(30,9)47/h1,23-31,47-48H,13-22H2,2-11H3,(H,42,46)(H4,39,40,41,43,45). The molecule has 15 heteroatoms. The first-order valence-electron chi connectivity index (χ1n) is 19.0. The topological polar surface area (TPSA) is 212 Å². The number of nitrogens with zero attached hydrogens (tertiary/aromatic N) is 1. The molecule has 2 fully saturated rings. The van der Waals surface area contributed by atoms with Gasteiger partial charge in [-0.05, 0) is 66.2 Å². The number of alkyl carbamates (subject to hydrolysis) is 1. The maximum Gasteiger partial charge on any atom is 0.407 e. The molecule has 2 rings (SSSR count). The summed E-state index contributed by atoms with van der Waals surface area (Å²) < 4.78 is 30.8. The Hall–Kier alpha value is -3.16. The molecule has 0 aromatic heterocycles. The number of ether oxygens (including phenoxy) is 5. The van der Waals surface area contributed by atoms with Crippen LogP contribution in [0.5, 0.6) is 0 Å². The first-order chi connectivity index (χ1) is 24.7. The summed E-state index contributed by atoms with van der Waals surface area (Å²) in [5, 5.41) is 31.8. The lowest BCUT2D eigenvalue weighted by Crippen LogP contribution is -2.64. The molecule has 0 aromatic rings. The fraction of sp³-hybridized carbons (Fsp3) is 0.842. The van der Waals surface area contributed by atoms with Crippen molar-refractivity contribution in [1.29, 1.82) is 0 Å². The van der Waals surface area contributed by atoms with Crippen molar-refractivity contribution in [2.75, 3.05) is 26.7 Å². The number of amides is 3. The van der Waals surface area contributed by atoms with Crippen LogP contribution in [0.25, 0.3) is 0 Å². The monoisotopic (exact) mass is 753 g/mol. The van der Waals surface area contributed by atoms with E-state index >= 15 is 0 Å². The third-order valence-electron chi connectivity index (χ3n) is 10.4. The lowest BCUT2D eigenvalue weighted by molar-refractivity contribution is -0.359. The van der Waals surface area contributed by atoms with Crippen LogP contribution in [0.15, 0.2) is 4.99 Å². The number of terminal acetylenes is 1. The smallest absolute Gasteiger partial charge is 0.407 e. The lowest BCUT2D eigenvalue weighted by Gasteiger charge is -2.53. The van der Waals surface area contributed by atoms with Gasteiger partial charge in [0.05, 0.1) is 29.8 Å². The maximum atomic E-state index is 13.9. The minimum atomic E-state index is -1.61. The molecule has 2 heterocycles. The predicted octanol–water partition coefficient (Wildman–Crippen LogP) is 3.59. The van der Waals surface area contributed by atoms with Crippen LogP contribution in [0.3, 0.4) is 0 Å². The van der Waals surface area contributed by atoms with Crippen molar-refractivity contribution in [2.45, 2.75) is 155 Å². The van der Waals surface area contributed by atoms with E-state index in [2.05, 4.69) is 26.9 Å². The van der Waals surface area contributed by atoms with E-state index in [1.807, 2.05) is 20.8 Å². The quantitative estimate of drug-likeness (QED) is 0.0557. The Morgan fingerprint density at radius 3 is 2.30 bits per heavy atom. The number of esters is 1. The van der Waals surface area contributed by atoms with Crippen LogP contribution in [-0.4, -0.2) is 109 Å². The van der Waals surface area contributed by atoms with Gasteiger partial charge in [0, 0.05) is 32.0 Å². The summed E-state index contributed by atoms with van der Waals surface area (Å²) in [5.74, 6) is -1.59. The number of cyclic esters (lactones) is 1. The summed E-state index contributed by atoms with van der Waals surface area (Å²) in [6, 6.07) is -0.428. The number of nitrogens with one attached hydrogen (secondary N) is 3. The largest absolute Gasteiger partial charge is 0.459 e. The Kier molecular flexibility index (Phi) is 17.8. The zero-order valence-electron chi connectivity index (χ0n) is 33.5. The molecular formula is C38H67N5O10. The van der Waals surface area contributed by atoms with Crippen LogP contribution >= 0.6 is 0 Å². The molecule has 0 aromatic carbocycles. The van der Waals surface area contributed by atoms with Crippen LogP contribution < -0.4 is 21.7 Å². The molecule has 15 nitrogen and oxygen atoms in total. The molecule has 11 unspecified atom stereocenters. The van der Waals surface area contributed by atoms with Crippen molar-refractivity contribution < 1.29 is 48.3 Å². The van der Waals surface area contributed by atoms with Gasteiger partial charge >= 0.3 is 18.1 Å². The number of fused-ring (bicyclic) bond motifs is 2. The van der Waals surface area contributed by atoms with E-state index in [0.29, 0.717) is 25.9 Å². The molecule has 7 N–H and O–H groups in total. The first kappa shape index (κ1) is 46.0. The van der Waals surface area contributed by atoms with Crippen LogP contribution in [0, 0.1) is 36.0 Å². The highest BCUT2D eigenvalue weighted by Crippen LogP contribution is 2.44. The Morgan fingerprint density at radius 1 is 1.04 bits per heavy atom. The zero-order chi connectivity index (χ0) is 40.1. The lowest BCUT2D eigenvalue weighted by atomic mass is 9.72. The molecule has 304 valence electrons. The molecule has 3 amide bonds. The summed E-state index contributed by atoms with van der Waals surface area (Å²) in [6.45, 7) is 16.6. The second-order valence-electron chi connectivity index (χ2n) is 15.6. The summed E-state index contributed by atoms with van der Waals surface area (Å²) in [5.41, 5.74) is 2.53. The number of hydrogen-bond acceptors (Lipinski definition) is 11. The van der Waals surface area contributed by atoms with E-state index in [-0.39, 0.29) is 30.8 Å². The average Bonchev–Trinajstić information content (AvgIpc) is 3.08. The number of unbranched alkanes of at least 4 members (excludes halogenated alkanes) is 4. The number of guanidine groups is 1. The number of carbonyl (C=O) groups is 3. The van der Waals surface area contributed by atoms with Gasteiger partial charge in [-0.25, -0.2) is 9.59 Å². The van der Waals surface area contributed by atoms with Gasteiger partial charge in [0.25, 0.3) is 0 Å². The second kappa shape index (κ2) is 20.5. The number of hydrogen-bond donors (Lipinski definition) is 6. The van der Waals surface area contributed by atoms with Gasteiger partial charge in [0.2, 0.25) is 0 Å². The van der Waals surface area contributed by atoms with Gasteiger partial charge in [-0.3, -0.25) is 15.1 Å². The Bertz CT molecular complexity index is 1270. The fourth-order valence-electron chi connectivity index (χ4n) is 7.81. The van der Waals surface area contributed by atoms with Gasteiger partial charge in [-0.2, -0.15) is 0 Å². The van der Waals surface area contributed by atoms with Gasteiger partial charge in [-0.15, -0.1) is 6.42 Å². The van der Waals surface area contributed by atoms with Crippen LogP contribution in [0.4, 0.5) is 9.59 Å². The van der Waals surface area contributed by atoms with Gasteiger partial charge in [0.15, 0.2) is 11.7 Å². The maximum absolute atomic E-state index is 13.9. The molecule has 53 heavy (non-hydrogen) atoms.